The van der Waals surface area contributed by atoms with Crippen LogP contribution in [-0.2, 0) is 0 Å². The zero-order valence-corrected chi connectivity index (χ0v) is 10.4. The smallest absolute Gasteiger partial charge is 0.244 e. The van der Waals surface area contributed by atoms with Crippen LogP contribution in [0.4, 0.5) is 0 Å². The molecule has 1 heterocycles. The third kappa shape index (κ3) is 2.88. The van der Waals surface area contributed by atoms with E-state index in [1.165, 1.54) is 12.4 Å². The molecule has 0 bridgehead atoms. The van der Waals surface area contributed by atoms with Gasteiger partial charge in [0.25, 0.3) is 0 Å². The van der Waals surface area contributed by atoms with Crippen molar-refractivity contribution in [3.05, 3.63) is 18.1 Å². The standard InChI is InChI=1S/C12H18N4O2/c1-8-2-4-9(5-3-8)18-12-10(11(13)16-17)14-6-7-15-12/h6-9,17H,2-5H2,1H3,(H2,13,16). The van der Waals surface area contributed by atoms with Crippen molar-refractivity contribution >= 4 is 5.84 Å². The summed E-state index contributed by atoms with van der Waals surface area (Å²) in [5.74, 6) is 1.02. The van der Waals surface area contributed by atoms with Crippen molar-refractivity contribution in [3.63, 3.8) is 0 Å². The van der Waals surface area contributed by atoms with Crippen LogP contribution in [0.1, 0.15) is 38.3 Å². The highest BCUT2D eigenvalue weighted by Gasteiger charge is 2.22. The zero-order valence-electron chi connectivity index (χ0n) is 10.4. The van der Waals surface area contributed by atoms with Crippen LogP contribution in [0.5, 0.6) is 5.88 Å². The summed E-state index contributed by atoms with van der Waals surface area (Å²) >= 11 is 0. The minimum absolute atomic E-state index is 0.0812. The molecule has 3 N–H and O–H groups in total. The van der Waals surface area contributed by atoms with E-state index in [9.17, 15) is 0 Å². The molecule has 98 valence electrons. The number of nitrogens with two attached hydrogens (primary N) is 1. The number of amidine groups is 1. The van der Waals surface area contributed by atoms with Crippen LogP contribution < -0.4 is 10.5 Å². The predicted octanol–water partition coefficient (Wildman–Crippen LogP) is 1.53. The lowest BCUT2D eigenvalue weighted by Crippen LogP contribution is -2.25. The number of rotatable bonds is 3. The molecule has 1 fully saturated rings. The molecule has 0 radical (unpaired) electrons. The Morgan fingerprint density at radius 3 is 2.67 bits per heavy atom. The van der Waals surface area contributed by atoms with E-state index in [1.807, 2.05) is 0 Å². The quantitative estimate of drug-likeness (QED) is 0.367. The Bertz CT molecular complexity index is 428. The van der Waals surface area contributed by atoms with Gasteiger partial charge in [-0.05, 0) is 31.6 Å². The minimum Gasteiger partial charge on any atom is -0.473 e. The van der Waals surface area contributed by atoms with Crippen LogP contribution in [0.3, 0.4) is 0 Å². The number of hydrogen-bond donors (Lipinski definition) is 2. The molecule has 0 amide bonds. The van der Waals surface area contributed by atoms with Gasteiger partial charge < -0.3 is 15.7 Å². The molecule has 0 unspecified atom stereocenters. The maximum Gasteiger partial charge on any atom is 0.244 e. The molecule has 1 saturated carbocycles. The Labute approximate surface area is 106 Å². The van der Waals surface area contributed by atoms with E-state index in [1.54, 1.807) is 0 Å². The van der Waals surface area contributed by atoms with Gasteiger partial charge in [-0.2, -0.15) is 0 Å². The fourth-order valence-electron chi connectivity index (χ4n) is 2.14. The predicted molar refractivity (Wildman–Crippen MR) is 66.6 cm³/mol. The molecule has 1 aromatic heterocycles. The van der Waals surface area contributed by atoms with Crippen LogP contribution in [0, 0.1) is 5.92 Å². The highest BCUT2D eigenvalue weighted by Crippen LogP contribution is 2.27. The average Bonchev–Trinajstić information content (AvgIpc) is 2.41. The summed E-state index contributed by atoms with van der Waals surface area (Å²) in [6.45, 7) is 2.25. The Morgan fingerprint density at radius 2 is 2.00 bits per heavy atom. The summed E-state index contributed by atoms with van der Waals surface area (Å²) in [6, 6.07) is 0. The fourth-order valence-corrected chi connectivity index (χ4v) is 2.14. The van der Waals surface area contributed by atoms with E-state index in [0.717, 1.165) is 31.6 Å². The van der Waals surface area contributed by atoms with Crippen molar-refractivity contribution < 1.29 is 9.94 Å². The third-order valence-electron chi connectivity index (χ3n) is 3.26. The summed E-state index contributed by atoms with van der Waals surface area (Å²) in [5, 5.41) is 11.6. The number of ether oxygens (including phenoxy) is 1. The first-order valence-electron chi connectivity index (χ1n) is 6.16. The van der Waals surface area contributed by atoms with Crippen molar-refractivity contribution in [1.29, 1.82) is 0 Å². The molecule has 0 atom stereocenters. The maximum absolute atomic E-state index is 8.69. The lowest BCUT2D eigenvalue weighted by molar-refractivity contribution is 0.129. The van der Waals surface area contributed by atoms with Gasteiger partial charge in [0, 0.05) is 12.4 Å². The van der Waals surface area contributed by atoms with E-state index in [4.69, 9.17) is 15.7 Å². The van der Waals surface area contributed by atoms with Crippen molar-refractivity contribution in [1.82, 2.24) is 9.97 Å². The maximum atomic E-state index is 8.69. The van der Waals surface area contributed by atoms with Crippen molar-refractivity contribution in [2.24, 2.45) is 16.8 Å². The van der Waals surface area contributed by atoms with E-state index in [2.05, 4.69) is 22.0 Å². The Hall–Kier alpha value is -1.85. The summed E-state index contributed by atoms with van der Waals surface area (Å²) < 4.78 is 5.81. The van der Waals surface area contributed by atoms with Crippen LogP contribution in [0.15, 0.2) is 17.5 Å². The average molecular weight is 250 g/mol. The number of hydrogen-bond acceptors (Lipinski definition) is 5. The van der Waals surface area contributed by atoms with Crippen molar-refractivity contribution in [3.8, 4) is 5.88 Å². The molecular weight excluding hydrogens is 232 g/mol. The molecule has 6 heteroatoms. The van der Waals surface area contributed by atoms with E-state index in [-0.39, 0.29) is 11.9 Å². The number of nitrogens with zero attached hydrogens (tertiary/aromatic N) is 3. The topological polar surface area (TPSA) is 93.6 Å². The van der Waals surface area contributed by atoms with Crippen LogP contribution >= 0.6 is 0 Å². The molecule has 18 heavy (non-hydrogen) atoms. The first-order valence-corrected chi connectivity index (χ1v) is 6.16. The SMILES string of the molecule is CC1CCC(Oc2nccnc2/C(N)=N/O)CC1. The molecule has 2 rings (SSSR count). The summed E-state index contributed by atoms with van der Waals surface area (Å²) in [4.78, 5) is 8.13. The molecular formula is C12H18N4O2. The van der Waals surface area contributed by atoms with Gasteiger partial charge in [0.2, 0.25) is 5.88 Å². The normalized spacial score (nSPS) is 24.8. The monoisotopic (exact) mass is 250 g/mol. The number of aromatic nitrogens is 2. The van der Waals surface area contributed by atoms with Gasteiger partial charge in [0.1, 0.15) is 6.10 Å². The van der Waals surface area contributed by atoms with Gasteiger partial charge in [-0.1, -0.05) is 12.1 Å². The van der Waals surface area contributed by atoms with E-state index < -0.39 is 0 Å². The molecule has 0 aromatic carbocycles. The highest BCUT2D eigenvalue weighted by atomic mass is 16.5. The zero-order chi connectivity index (χ0) is 13.0. The lowest BCUT2D eigenvalue weighted by Gasteiger charge is -2.26. The summed E-state index contributed by atoms with van der Waals surface area (Å²) in [7, 11) is 0. The van der Waals surface area contributed by atoms with Gasteiger partial charge in [-0.15, -0.1) is 0 Å². The molecule has 6 nitrogen and oxygen atoms in total. The first kappa shape index (κ1) is 12.6. The molecule has 0 aliphatic heterocycles. The highest BCUT2D eigenvalue weighted by molar-refractivity contribution is 5.97. The first-order chi connectivity index (χ1) is 8.70. The second-order valence-corrected chi connectivity index (χ2v) is 4.70. The molecule has 1 aromatic rings. The lowest BCUT2D eigenvalue weighted by atomic mass is 9.89. The van der Waals surface area contributed by atoms with Crippen LogP contribution in [-0.4, -0.2) is 27.1 Å². The molecule has 1 aliphatic carbocycles. The Balaban J connectivity index is 2.09. The van der Waals surface area contributed by atoms with Crippen molar-refractivity contribution in [2.45, 2.75) is 38.7 Å². The van der Waals surface area contributed by atoms with Gasteiger partial charge in [0.05, 0.1) is 0 Å². The second-order valence-electron chi connectivity index (χ2n) is 4.70. The van der Waals surface area contributed by atoms with Gasteiger partial charge in [-0.3, -0.25) is 0 Å². The fraction of sp³-hybridized carbons (Fsp3) is 0.583. The van der Waals surface area contributed by atoms with Crippen molar-refractivity contribution in [2.75, 3.05) is 0 Å². The Morgan fingerprint density at radius 1 is 1.33 bits per heavy atom. The van der Waals surface area contributed by atoms with E-state index in [0.29, 0.717) is 11.6 Å². The van der Waals surface area contributed by atoms with Crippen LogP contribution in [0.2, 0.25) is 0 Å². The third-order valence-corrected chi connectivity index (χ3v) is 3.26. The molecule has 0 spiro atoms. The van der Waals surface area contributed by atoms with Gasteiger partial charge in [0.15, 0.2) is 11.5 Å². The number of oxime groups is 1. The van der Waals surface area contributed by atoms with Gasteiger partial charge >= 0.3 is 0 Å². The van der Waals surface area contributed by atoms with E-state index >= 15 is 0 Å². The summed E-state index contributed by atoms with van der Waals surface area (Å²) in [6.07, 6.45) is 7.50. The minimum atomic E-state index is -0.0812. The molecule has 0 saturated heterocycles. The Kier molecular flexibility index (Phi) is 3.96. The largest absolute Gasteiger partial charge is 0.473 e. The van der Waals surface area contributed by atoms with Crippen LogP contribution in [0.25, 0.3) is 0 Å². The summed E-state index contributed by atoms with van der Waals surface area (Å²) in [5.41, 5.74) is 5.83. The van der Waals surface area contributed by atoms with Gasteiger partial charge in [-0.25, -0.2) is 9.97 Å². The second kappa shape index (κ2) is 5.66. The molecule has 1 aliphatic rings.